The summed E-state index contributed by atoms with van der Waals surface area (Å²) in [5.74, 6) is -0.774. The number of hydrogen-bond donors (Lipinski definition) is 3. The summed E-state index contributed by atoms with van der Waals surface area (Å²) in [5, 5.41) is 12.9. The van der Waals surface area contributed by atoms with Gasteiger partial charge in [0.1, 0.15) is 5.75 Å². The van der Waals surface area contributed by atoms with Crippen molar-refractivity contribution in [2.45, 2.75) is 32.1 Å². The molecule has 2 aromatic carbocycles. The monoisotopic (exact) mass is 433 g/mol. The van der Waals surface area contributed by atoms with Crippen LogP contribution in [0, 0.1) is 11.8 Å². The molecule has 1 saturated carbocycles. The fourth-order valence-electron chi connectivity index (χ4n) is 4.26. The Hall–Kier alpha value is -3.45. The molecule has 2 atom stereocenters. The Bertz CT molecular complexity index is 1080. The second-order valence-corrected chi connectivity index (χ2v) is 8.12. The molecule has 1 fully saturated rings. The second-order valence-electron chi connectivity index (χ2n) is 8.12. The van der Waals surface area contributed by atoms with Crippen LogP contribution in [0.4, 0.5) is 5.69 Å². The maximum Gasteiger partial charge on any atom is 0.247 e. The number of carbonyl (C=O) groups is 2. The molecule has 1 heterocycles. The number of amides is 2. The van der Waals surface area contributed by atoms with Gasteiger partial charge in [-0.25, -0.2) is 5.48 Å². The van der Waals surface area contributed by atoms with E-state index in [9.17, 15) is 9.59 Å². The molecule has 0 unspecified atom stereocenters. The highest BCUT2D eigenvalue weighted by atomic mass is 16.5. The predicted octanol–water partition coefficient (Wildman–Crippen LogP) is 4.11. The second kappa shape index (κ2) is 10.2. The first-order valence-corrected chi connectivity index (χ1v) is 11.0. The molecule has 7 heteroatoms. The van der Waals surface area contributed by atoms with E-state index in [-0.39, 0.29) is 5.91 Å². The molecular weight excluding hydrogens is 406 g/mol. The van der Waals surface area contributed by atoms with Crippen LogP contribution in [0.5, 0.6) is 5.75 Å². The van der Waals surface area contributed by atoms with Crippen molar-refractivity contribution >= 4 is 28.4 Å². The molecule has 3 aromatic rings. The summed E-state index contributed by atoms with van der Waals surface area (Å²) in [6.07, 6.45) is 5.55. The minimum Gasteiger partial charge on any atom is -0.493 e. The minimum absolute atomic E-state index is 0.180. The number of ether oxygens (including phenoxy) is 1. The van der Waals surface area contributed by atoms with Crippen molar-refractivity contribution in [1.29, 1.82) is 0 Å². The van der Waals surface area contributed by atoms with Crippen LogP contribution < -0.4 is 15.5 Å². The van der Waals surface area contributed by atoms with Crippen molar-refractivity contribution in [2.75, 3.05) is 11.9 Å². The predicted molar refractivity (Wildman–Crippen MR) is 121 cm³/mol. The molecule has 0 bridgehead atoms. The van der Waals surface area contributed by atoms with Crippen LogP contribution in [0.25, 0.3) is 10.9 Å². The molecule has 0 radical (unpaired) electrons. The van der Waals surface area contributed by atoms with E-state index in [4.69, 9.17) is 9.94 Å². The Kier molecular flexibility index (Phi) is 6.97. The van der Waals surface area contributed by atoms with Crippen LogP contribution >= 0.6 is 0 Å². The van der Waals surface area contributed by atoms with Crippen LogP contribution in [-0.2, 0) is 16.0 Å². The lowest BCUT2D eigenvalue weighted by atomic mass is 9.78. The number of nitrogens with one attached hydrogen (secondary N) is 2. The lowest BCUT2D eigenvalue weighted by molar-refractivity contribution is -0.140. The van der Waals surface area contributed by atoms with Gasteiger partial charge in [0.2, 0.25) is 11.8 Å². The van der Waals surface area contributed by atoms with E-state index in [0.29, 0.717) is 25.1 Å². The molecule has 166 valence electrons. The summed E-state index contributed by atoms with van der Waals surface area (Å²) >= 11 is 0. The number of benzene rings is 2. The van der Waals surface area contributed by atoms with Gasteiger partial charge >= 0.3 is 0 Å². The zero-order valence-electron chi connectivity index (χ0n) is 17.8. The topological polar surface area (TPSA) is 101 Å². The van der Waals surface area contributed by atoms with E-state index < -0.39 is 17.7 Å². The third-order valence-corrected chi connectivity index (χ3v) is 6.01. The van der Waals surface area contributed by atoms with Crippen LogP contribution in [0.15, 0.2) is 60.8 Å². The van der Waals surface area contributed by atoms with Crippen molar-refractivity contribution in [3.8, 4) is 5.75 Å². The first-order valence-electron chi connectivity index (χ1n) is 11.0. The van der Waals surface area contributed by atoms with Crippen molar-refractivity contribution in [3.05, 3.63) is 66.4 Å². The molecule has 0 saturated heterocycles. The Morgan fingerprint density at radius 3 is 2.50 bits per heavy atom. The maximum atomic E-state index is 12.7. The third-order valence-electron chi connectivity index (χ3n) is 6.01. The lowest BCUT2D eigenvalue weighted by Crippen LogP contribution is -2.40. The van der Waals surface area contributed by atoms with Crippen molar-refractivity contribution in [3.63, 3.8) is 0 Å². The largest absolute Gasteiger partial charge is 0.493 e. The van der Waals surface area contributed by atoms with Gasteiger partial charge in [0, 0.05) is 29.6 Å². The van der Waals surface area contributed by atoms with Crippen molar-refractivity contribution in [1.82, 2.24) is 10.5 Å². The number of carbonyl (C=O) groups excluding carboxylic acids is 2. The molecule has 4 rings (SSSR count). The number of hydroxylamine groups is 1. The number of fused-ring (bicyclic) bond motifs is 1. The summed E-state index contributed by atoms with van der Waals surface area (Å²) in [7, 11) is 0. The lowest BCUT2D eigenvalue weighted by Gasteiger charge is -2.28. The smallest absolute Gasteiger partial charge is 0.247 e. The molecular formula is C25H27N3O4. The number of aromatic nitrogens is 1. The normalized spacial score (nSPS) is 18.2. The van der Waals surface area contributed by atoms with E-state index in [0.717, 1.165) is 41.5 Å². The fourth-order valence-corrected chi connectivity index (χ4v) is 4.26. The van der Waals surface area contributed by atoms with Gasteiger partial charge in [-0.3, -0.25) is 19.8 Å². The van der Waals surface area contributed by atoms with E-state index in [1.54, 1.807) is 11.7 Å². The van der Waals surface area contributed by atoms with E-state index in [1.807, 2.05) is 54.6 Å². The average molecular weight is 434 g/mol. The summed E-state index contributed by atoms with van der Waals surface area (Å²) < 4.78 is 5.88. The summed E-state index contributed by atoms with van der Waals surface area (Å²) in [4.78, 5) is 28.9. The molecule has 0 spiro atoms. The first-order chi connectivity index (χ1) is 15.6. The molecule has 0 aliphatic heterocycles. The number of hydrogen-bond acceptors (Lipinski definition) is 5. The fraction of sp³-hybridized carbons (Fsp3) is 0.320. The molecule has 1 aromatic heterocycles. The van der Waals surface area contributed by atoms with Gasteiger partial charge in [-0.05, 0) is 54.8 Å². The number of rotatable bonds is 7. The SMILES string of the molecule is O=C(NO)[C@@H]1CCCC[C@H]1C(=O)Nc1ccc(CCOc2ccc3ncccc3c2)cc1. The quantitative estimate of drug-likeness (QED) is 0.385. The number of nitrogens with zero attached hydrogens (tertiary/aromatic N) is 1. The summed E-state index contributed by atoms with van der Waals surface area (Å²) in [5.41, 5.74) is 4.42. The third kappa shape index (κ3) is 5.23. The van der Waals surface area contributed by atoms with Gasteiger partial charge in [-0.15, -0.1) is 0 Å². The highest BCUT2D eigenvalue weighted by molar-refractivity contribution is 5.96. The molecule has 2 amide bonds. The number of pyridine rings is 1. The van der Waals surface area contributed by atoms with Crippen LogP contribution in [0.1, 0.15) is 31.2 Å². The van der Waals surface area contributed by atoms with Gasteiger partial charge in [-0.1, -0.05) is 31.0 Å². The molecule has 32 heavy (non-hydrogen) atoms. The Morgan fingerprint density at radius 1 is 1.00 bits per heavy atom. The van der Waals surface area contributed by atoms with Gasteiger partial charge in [0.15, 0.2) is 0 Å². The Balaban J connectivity index is 1.29. The molecule has 1 aliphatic rings. The Morgan fingerprint density at radius 2 is 1.75 bits per heavy atom. The highest BCUT2D eigenvalue weighted by Gasteiger charge is 2.35. The molecule has 7 nitrogen and oxygen atoms in total. The van der Waals surface area contributed by atoms with Crippen molar-refractivity contribution < 1.29 is 19.5 Å². The maximum absolute atomic E-state index is 12.7. The van der Waals surface area contributed by atoms with Crippen LogP contribution in [-0.4, -0.2) is 28.6 Å². The van der Waals surface area contributed by atoms with Crippen LogP contribution in [0.2, 0.25) is 0 Å². The zero-order valence-corrected chi connectivity index (χ0v) is 17.8. The summed E-state index contributed by atoms with van der Waals surface area (Å²) in [6.45, 7) is 0.539. The average Bonchev–Trinajstić information content (AvgIpc) is 2.84. The highest BCUT2D eigenvalue weighted by Crippen LogP contribution is 2.31. The molecule has 3 N–H and O–H groups in total. The van der Waals surface area contributed by atoms with E-state index in [1.165, 1.54) is 0 Å². The molecule has 1 aliphatic carbocycles. The van der Waals surface area contributed by atoms with Gasteiger partial charge in [0.25, 0.3) is 0 Å². The van der Waals surface area contributed by atoms with E-state index in [2.05, 4.69) is 10.3 Å². The van der Waals surface area contributed by atoms with Crippen molar-refractivity contribution in [2.24, 2.45) is 11.8 Å². The Labute approximate surface area is 186 Å². The van der Waals surface area contributed by atoms with Gasteiger partial charge in [0.05, 0.1) is 18.0 Å². The standard InChI is InChI=1S/C25H27N3O4/c29-24(21-5-1-2-6-22(21)25(30)28-31)27-19-9-7-17(8-10-19)13-15-32-20-11-12-23-18(16-20)4-3-14-26-23/h3-4,7-12,14,16,21-22,31H,1-2,5-6,13,15H2,(H,27,29)(H,28,30)/t21-,22-/m1/s1. The first kappa shape index (κ1) is 21.8. The number of anilines is 1. The van der Waals surface area contributed by atoms with Gasteiger partial charge < -0.3 is 10.1 Å². The minimum atomic E-state index is -0.490. The zero-order chi connectivity index (χ0) is 22.3. The van der Waals surface area contributed by atoms with Gasteiger partial charge in [-0.2, -0.15) is 0 Å². The summed E-state index contributed by atoms with van der Waals surface area (Å²) in [6, 6.07) is 17.4. The van der Waals surface area contributed by atoms with E-state index >= 15 is 0 Å². The van der Waals surface area contributed by atoms with Crippen LogP contribution in [0.3, 0.4) is 0 Å².